The number of hydrogen-bond donors (Lipinski definition) is 2. The number of nitrogens with two attached hydrogens (primary N) is 1. The first-order valence-electron chi connectivity index (χ1n) is 10.8. The number of anilines is 2. The number of rotatable bonds is 3. The van der Waals surface area contributed by atoms with Gasteiger partial charge in [0.15, 0.2) is 11.6 Å². The molecule has 0 aliphatic carbocycles. The van der Waals surface area contributed by atoms with Crippen LogP contribution in [0.5, 0.6) is 11.5 Å². The van der Waals surface area contributed by atoms with Gasteiger partial charge in [0.2, 0.25) is 0 Å². The summed E-state index contributed by atoms with van der Waals surface area (Å²) in [6, 6.07) is 5.93. The number of benzene rings is 1. The summed E-state index contributed by atoms with van der Waals surface area (Å²) in [6.07, 6.45) is 0.999. The molecule has 1 aliphatic heterocycles. The Bertz CT molecular complexity index is 1130. The highest BCUT2D eigenvalue weighted by atomic mass is 19.1. The van der Waals surface area contributed by atoms with Gasteiger partial charge in [-0.05, 0) is 38.8 Å². The lowest BCUT2D eigenvalue weighted by molar-refractivity contribution is -0.126. The molecule has 3 N–H and O–H groups in total. The van der Waals surface area contributed by atoms with Crippen molar-refractivity contribution in [2.75, 3.05) is 44.3 Å². The second kappa shape index (κ2) is 10.3. The average Bonchev–Trinajstić information content (AvgIpc) is 2.78. The molecule has 180 valence electrons. The maximum absolute atomic E-state index is 14.3. The molecular formula is C24H28FN5O4. The number of carbonyl (C=O) groups is 2. The normalized spacial score (nSPS) is 13.6. The maximum atomic E-state index is 14.3. The smallest absolute Gasteiger partial charge is 0.410 e. The number of aromatic nitrogens is 1. The minimum absolute atomic E-state index is 0.0164. The topological polar surface area (TPSA) is 110 Å². The van der Waals surface area contributed by atoms with Gasteiger partial charge in [-0.25, -0.2) is 14.2 Å². The van der Waals surface area contributed by atoms with E-state index in [2.05, 4.69) is 22.1 Å². The molecule has 1 aromatic heterocycles. The van der Waals surface area contributed by atoms with Crippen molar-refractivity contribution in [1.82, 2.24) is 14.8 Å². The molecule has 0 bridgehead atoms. The largest absolute Gasteiger partial charge is 0.453 e. The molecule has 1 aliphatic rings. The van der Waals surface area contributed by atoms with Gasteiger partial charge in [-0.3, -0.25) is 4.79 Å². The summed E-state index contributed by atoms with van der Waals surface area (Å²) in [5.74, 6) is 4.48. The van der Waals surface area contributed by atoms with Crippen molar-refractivity contribution in [3.63, 3.8) is 0 Å². The lowest BCUT2D eigenvalue weighted by atomic mass is 10.2. The van der Waals surface area contributed by atoms with Crippen molar-refractivity contribution < 1.29 is 23.5 Å². The van der Waals surface area contributed by atoms with Crippen molar-refractivity contribution in [2.24, 2.45) is 0 Å². The summed E-state index contributed by atoms with van der Waals surface area (Å²) in [7, 11) is 1.68. The van der Waals surface area contributed by atoms with E-state index in [9.17, 15) is 14.0 Å². The van der Waals surface area contributed by atoms with E-state index in [1.54, 1.807) is 38.8 Å². The third-order valence-corrected chi connectivity index (χ3v) is 4.90. The first-order chi connectivity index (χ1) is 16.1. The molecule has 0 spiro atoms. The Morgan fingerprint density at radius 3 is 2.41 bits per heavy atom. The Morgan fingerprint density at radius 2 is 1.79 bits per heavy atom. The number of nitrogens with zero attached hydrogens (tertiary/aromatic N) is 3. The molecule has 2 aromatic rings. The monoisotopic (exact) mass is 469 g/mol. The van der Waals surface area contributed by atoms with Crippen LogP contribution in [0.2, 0.25) is 0 Å². The quantitative estimate of drug-likeness (QED) is 0.665. The van der Waals surface area contributed by atoms with Gasteiger partial charge in [-0.1, -0.05) is 0 Å². The molecule has 10 heteroatoms. The predicted molar refractivity (Wildman–Crippen MR) is 126 cm³/mol. The fraction of sp³-hybridized carbons (Fsp3) is 0.375. The molecule has 1 saturated heterocycles. The van der Waals surface area contributed by atoms with Crippen LogP contribution in [0.3, 0.4) is 0 Å². The summed E-state index contributed by atoms with van der Waals surface area (Å²) in [5.41, 5.74) is 6.13. The first-order valence-corrected chi connectivity index (χ1v) is 10.8. The third kappa shape index (κ3) is 6.28. The van der Waals surface area contributed by atoms with Crippen LogP contribution in [0.25, 0.3) is 0 Å². The SMILES string of the molecule is CNc1ccc(Oc2ccnc(N)c2C#CC(=O)N2CCN(C(=O)OC(C)(C)C)CC2)c(F)c1. The fourth-order valence-electron chi connectivity index (χ4n) is 3.14. The Kier molecular flexibility index (Phi) is 7.46. The number of carbonyl (C=O) groups excluding carboxylic acids is 2. The molecule has 2 amide bonds. The third-order valence-electron chi connectivity index (χ3n) is 4.90. The fourth-order valence-corrected chi connectivity index (χ4v) is 3.14. The van der Waals surface area contributed by atoms with Crippen LogP contribution in [0.15, 0.2) is 30.5 Å². The van der Waals surface area contributed by atoms with E-state index in [0.717, 1.165) is 0 Å². The van der Waals surface area contributed by atoms with E-state index in [4.69, 9.17) is 15.2 Å². The van der Waals surface area contributed by atoms with Gasteiger partial charge >= 0.3 is 6.09 Å². The minimum atomic E-state index is -0.587. The zero-order valence-electron chi connectivity index (χ0n) is 19.6. The van der Waals surface area contributed by atoms with E-state index in [0.29, 0.717) is 31.9 Å². The summed E-state index contributed by atoms with van der Waals surface area (Å²) >= 11 is 0. The molecule has 0 saturated carbocycles. The highest BCUT2D eigenvalue weighted by Crippen LogP contribution is 2.30. The predicted octanol–water partition coefficient (Wildman–Crippen LogP) is 3.07. The van der Waals surface area contributed by atoms with Crippen molar-refractivity contribution in [1.29, 1.82) is 0 Å². The zero-order valence-corrected chi connectivity index (χ0v) is 19.6. The van der Waals surface area contributed by atoms with E-state index >= 15 is 0 Å². The van der Waals surface area contributed by atoms with E-state index in [1.165, 1.54) is 29.3 Å². The number of hydrogen-bond acceptors (Lipinski definition) is 7. The highest BCUT2D eigenvalue weighted by Gasteiger charge is 2.27. The van der Waals surface area contributed by atoms with Gasteiger partial charge in [0.25, 0.3) is 5.91 Å². The van der Waals surface area contributed by atoms with Gasteiger partial charge in [-0.2, -0.15) is 0 Å². The van der Waals surface area contributed by atoms with Crippen molar-refractivity contribution in [2.45, 2.75) is 26.4 Å². The molecule has 0 unspecified atom stereocenters. The Morgan fingerprint density at radius 1 is 1.12 bits per heavy atom. The molecular weight excluding hydrogens is 441 g/mol. The highest BCUT2D eigenvalue weighted by molar-refractivity contribution is 5.94. The Hall–Kier alpha value is -4.00. The minimum Gasteiger partial charge on any atom is -0.453 e. The first kappa shape index (κ1) is 24.6. The molecule has 9 nitrogen and oxygen atoms in total. The van der Waals surface area contributed by atoms with Gasteiger partial charge in [0.05, 0.1) is 0 Å². The van der Waals surface area contributed by atoms with Crippen LogP contribution in [-0.2, 0) is 9.53 Å². The standard InChI is InChI=1S/C24H28FN5O4/c1-24(2,3)34-23(32)30-13-11-29(12-14-30)21(31)8-6-17-19(9-10-28-22(17)26)33-20-7-5-16(27-4)15-18(20)25/h5,7,9-10,15,27H,11-14H2,1-4H3,(H2,26,28). The van der Waals surface area contributed by atoms with Gasteiger partial charge in [-0.15, -0.1) is 0 Å². The molecule has 2 heterocycles. The lowest BCUT2D eigenvalue weighted by Gasteiger charge is -2.34. The molecule has 3 rings (SSSR count). The van der Waals surface area contributed by atoms with Crippen LogP contribution < -0.4 is 15.8 Å². The maximum Gasteiger partial charge on any atom is 0.410 e. The molecule has 1 fully saturated rings. The van der Waals surface area contributed by atoms with Crippen LogP contribution in [0, 0.1) is 17.7 Å². The molecule has 0 radical (unpaired) electrons. The van der Waals surface area contributed by atoms with Crippen molar-refractivity contribution in [3.05, 3.63) is 41.8 Å². The zero-order chi connectivity index (χ0) is 24.9. The number of piperazine rings is 1. The molecule has 1 aromatic carbocycles. The summed E-state index contributed by atoms with van der Waals surface area (Å²) in [4.78, 5) is 31.9. The number of nitrogen functional groups attached to an aromatic ring is 1. The number of pyridine rings is 1. The number of halogens is 1. The Labute approximate surface area is 198 Å². The van der Waals surface area contributed by atoms with E-state index < -0.39 is 23.4 Å². The number of amides is 2. The summed E-state index contributed by atoms with van der Waals surface area (Å²) in [5, 5.41) is 2.84. The summed E-state index contributed by atoms with van der Waals surface area (Å²) in [6.45, 7) is 6.72. The van der Waals surface area contributed by atoms with Crippen LogP contribution in [0.1, 0.15) is 26.3 Å². The molecule has 34 heavy (non-hydrogen) atoms. The average molecular weight is 470 g/mol. The van der Waals surface area contributed by atoms with Crippen LogP contribution in [-0.4, -0.2) is 65.6 Å². The van der Waals surface area contributed by atoms with Crippen LogP contribution in [0.4, 0.5) is 20.7 Å². The number of ether oxygens (including phenoxy) is 2. The lowest BCUT2D eigenvalue weighted by Crippen LogP contribution is -2.51. The second-order valence-corrected chi connectivity index (χ2v) is 8.58. The van der Waals surface area contributed by atoms with Crippen LogP contribution >= 0.6 is 0 Å². The van der Waals surface area contributed by atoms with E-state index in [-0.39, 0.29) is 22.9 Å². The van der Waals surface area contributed by atoms with Gasteiger partial charge in [0, 0.05) is 63.2 Å². The number of nitrogens with one attached hydrogen (secondary N) is 1. The van der Waals surface area contributed by atoms with Crippen molar-refractivity contribution in [3.8, 4) is 23.3 Å². The Balaban J connectivity index is 1.69. The van der Waals surface area contributed by atoms with Gasteiger partial charge < -0.3 is 30.3 Å². The van der Waals surface area contributed by atoms with Gasteiger partial charge in [0.1, 0.15) is 22.7 Å². The van der Waals surface area contributed by atoms with E-state index in [1.807, 2.05) is 0 Å². The second-order valence-electron chi connectivity index (χ2n) is 8.58. The summed E-state index contributed by atoms with van der Waals surface area (Å²) < 4.78 is 25.4. The molecule has 0 atom stereocenters. The van der Waals surface area contributed by atoms with Crippen molar-refractivity contribution >= 4 is 23.5 Å².